The molecule has 2 aromatic rings. The molecule has 20 heavy (non-hydrogen) atoms. The summed E-state index contributed by atoms with van der Waals surface area (Å²) >= 11 is 0. The Kier molecular flexibility index (Phi) is 4.04. The van der Waals surface area contributed by atoms with Crippen LogP contribution in [0.1, 0.15) is 32.0 Å². The van der Waals surface area contributed by atoms with E-state index in [1.807, 2.05) is 13.8 Å². The maximum atomic E-state index is 12.9. The molecule has 4 heteroatoms. The van der Waals surface area contributed by atoms with E-state index in [1.54, 1.807) is 31.2 Å². The van der Waals surface area contributed by atoms with Gasteiger partial charge in [-0.3, -0.25) is 4.98 Å². The van der Waals surface area contributed by atoms with Crippen LogP contribution in [0.4, 0.5) is 4.39 Å². The molecule has 0 spiro atoms. The van der Waals surface area contributed by atoms with E-state index in [-0.39, 0.29) is 6.10 Å². The van der Waals surface area contributed by atoms with Crippen LogP contribution in [0.5, 0.6) is 5.75 Å². The van der Waals surface area contributed by atoms with E-state index in [4.69, 9.17) is 4.74 Å². The molecule has 106 valence electrons. The van der Waals surface area contributed by atoms with Gasteiger partial charge >= 0.3 is 0 Å². The minimum absolute atomic E-state index is 0.0973. The van der Waals surface area contributed by atoms with Crippen molar-refractivity contribution < 1.29 is 14.2 Å². The first kappa shape index (κ1) is 14.5. The topological polar surface area (TPSA) is 42.4 Å². The van der Waals surface area contributed by atoms with Gasteiger partial charge in [-0.05, 0) is 50.6 Å². The van der Waals surface area contributed by atoms with E-state index in [0.717, 1.165) is 11.9 Å². The van der Waals surface area contributed by atoms with Crippen LogP contribution in [-0.2, 0) is 5.60 Å². The third-order valence-electron chi connectivity index (χ3n) is 3.01. The molecule has 2 rings (SSSR count). The number of halogens is 1. The Bertz CT molecular complexity index is 562. The molecule has 0 saturated carbocycles. The van der Waals surface area contributed by atoms with Gasteiger partial charge in [-0.1, -0.05) is 12.1 Å². The molecule has 0 saturated heterocycles. The zero-order valence-electron chi connectivity index (χ0n) is 11.8. The number of ether oxygens (including phenoxy) is 1. The molecule has 1 aromatic carbocycles. The second kappa shape index (κ2) is 5.59. The second-order valence-corrected chi connectivity index (χ2v) is 5.12. The van der Waals surface area contributed by atoms with Crippen LogP contribution in [0.25, 0.3) is 0 Å². The van der Waals surface area contributed by atoms with Crippen LogP contribution < -0.4 is 4.74 Å². The van der Waals surface area contributed by atoms with Crippen molar-refractivity contribution in [3.63, 3.8) is 0 Å². The van der Waals surface area contributed by atoms with Crippen molar-refractivity contribution in [2.45, 2.75) is 32.5 Å². The van der Waals surface area contributed by atoms with Gasteiger partial charge in [0.15, 0.2) is 0 Å². The summed E-state index contributed by atoms with van der Waals surface area (Å²) in [5, 5.41) is 10.6. The molecule has 1 N–H and O–H groups in total. The maximum absolute atomic E-state index is 12.9. The lowest BCUT2D eigenvalue weighted by molar-refractivity contribution is 0.0971. The third-order valence-corrected chi connectivity index (χ3v) is 3.01. The van der Waals surface area contributed by atoms with Gasteiger partial charge in [-0.25, -0.2) is 4.39 Å². The van der Waals surface area contributed by atoms with Gasteiger partial charge in [0.2, 0.25) is 0 Å². The first-order chi connectivity index (χ1) is 9.39. The lowest BCUT2D eigenvalue weighted by Gasteiger charge is -2.23. The molecule has 1 atom stereocenters. The van der Waals surface area contributed by atoms with Crippen molar-refractivity contribution in [3.05, 3.63) is 59.7 Å². The molecule has 0 bridgehead atoms. The quantitative estimate of drug-likeness (QED) is 0.931. The van der Waals surface area contributed by atoms with Gasteiger partial charge in [0.25, 0.3) is 0 Å². The lowest BCUT2D eigenvalue weighted by atomic mass is 9.92. The van der Waals surface area contributed by atoms with Crippen molar-refractivity contribution in [2.75, 3.05) is 0 Å². The average molecular weight is 275 g/mol. The number of aliphatic hydroxyl groups is 1. The molecule has 1 aromatic heterocycles. The van der Waals surface area contributed by atoms with Crippen LogP contribution >= 0.6 is 0 Å². The predicted molar refractivity (Wildman–Crippen MR) is 75.1 cm³/mol. The minimum atomic E-state index is -1.27. The van der Waals surface area contributed by atoms with Crippen molar-refractivity contribution >= 4 is 0 Å². The maximum Gasteiger partial charge on any atom is 0.141 e. The smallest absolute Gasteiger partial charge is 0.141 e. The van der Waals surface area contributed by atoms with E-state index >= 15 is 0 Å². The van der Waals surface area contributed by atoms with E-state index in [0.29, 0.717) is 11.3 Å². The van der Waals surface area contributed by atoms with Crippen LogP contribution in [0, 0.1) is 5.82 Å². The Hall–Kier alpha value is -1.94. The molecule has 3 nitrogen and oxygen atoms in total. The Morgan fingerprint density at radius 2 is 1.80 bits per heavy atom. The van der Waals surface area contributed by atoms with Crippen LogP contribution in [0.2, 0.25) is 0 Å². The first-order valence-electron chi connectivity index (χ1n) is 6.51. The summed E-state index contributed by atoms with van der Waals surface area (Å²) < 4.78 is 18.4. The lowest BCUT2D eigenvalue weighted by Crippen LogP contribution is -2.24. The molecule has 0 aliphatic heterocycles. The highest BCUT2D eigenvalue weighted by atomic mass is 19.1. The monoisotopic (exact) mass is 275 g/mol. The summed E-state index contributed by atoms with van der Waals surface area (Å²) in [5.41, 5.74) is -0.200. The largest absolute Gasteiger partial charge is 0.491 e. The van der Waals surface area contributed by atoms with Gasteiger partial charge in [-0.15, -0.1) is 0 Å². The molecule has 0 fully saturated rings. The summed E-state index contributed by atoms with van der Waals surface area (Å²) in [6.45, 7) is 5.53. The average Bonchev–Trinajstić information content (AvgIpc) is 2.39. The van der Waals surface area contributed by atoms with Gasteiger partial charge in [-0.2, -0.15) is 0 Å². The fourth-order valence-electron chi connectivity index (χ4n) is 1.94. The molecular formula is C16H18FNO2. The summed E-state index contributed by atoms with van der Waals surface area (Å²) in [6.07, 6.45) is 1.19. The Labute approximate surface area is 118 Å². The standard InChI is InChI=1S/C16H18FNO2/c1-11(2)20-14-7-4-12(5-8-14)16(3,19)15-9-6-13(17)10-18-15/h4-11,19H,1-3H3. The first-order valence-corrected chi connectivity index (χ1v) is 6.51. The molecule has 0 aliphatic rings. The molecule has 0 radical (unpaired) electrons. The number of rotatable bonds is 4. The van der Waals surface area contributed by atoms with Crippen LogP contribution in [0.15, 0.2) is 42.6 Å². The highest BCUT2D eigenvalue weighted by molar-refractivity contribution is 5.35. The summed E-state index contributed by atoms with van der Waals surface area (Å²) in [4.78, 5) is 3.94. The molecule has 0 amide bonds. The molecule has 1 unspecified atom stereocenters. The summed E-state index contributed by atoms with van der Waals surface area (Å²) in [5.74, 6) is 0.317. The molecular weight excluding hydrogens is 257 g/mol. The van der Waals surface area contributed by atoms with Crippen molar-refractivity contribution in [1.29, 1.82) is 0 Å². The number of pyridine rings is 1. The molecule has 0 aliphatic carbocycles. The van der Waals surface area contributed by atoms with E-state index in [1.165, 1.54) is 12.1 Å². The van der Waals surface area contributed by atoms with E-state index in [2.05, 4.69) is 4.98 Å². The predicted octanol–water partition coefficient (Wildman–Crippen LogP) is 3.26. The Morgan fingerprint density at radius 1 is 1.15 bits per heavy atom. The third kappa shape index (κ3) is 3.14. The second-order valence-electron chi connectivity index (χ2n) is 5.12. The van der Waals surface area contributed by atoms with Crippen LogP contribution in [0.3, 0.4) is 0 Å². The normalized spacial score (nSPS) is 14.1. The number of aromatic nitrogens is 1. The van der Waals surface area contributed by atoms with Crippen molar-refractivity contribution in [1.82, 2.24) is 4.98 Å². The Balaban J connectivity index is 2.27. The van der Waals surface area contributed by atoms with Gasteiger partial charge < -0.3 is 9.84 Å². The van der Waals surface area contributed by atoms with Crippen LogP contribution in [-0.4, -0.2) is 16.2 Å². The number of benzene rings is 1. The fourth-order valence-corrected chi connectivity index (χ4v) is 1.94. The van der Waals surface area contributed by atoms with Crippen molar-refractivity contribution in [2.24, 2.45) is 0 Å². The van der Waals surface area contributed by atoms with Gasteiger partial charge in [0, 0.05) is 0 Å². The van der Waals surface area contributed by atoms with E-state index in [9.17, 15) is 9.50 Å². The SMILES string of the molecule is CC(C)Oc1ccc(C(C)(O)c2ccc(F)cn2)cc1. The van der Waals surface area contributed by atoms with Crippen molar-refractivity contribution in [3.8, 4) is 5.75 Å². The highest BCUT2D eigenvalue weighted by Gasteiger charge is 2.27. The summed E-state index contributed by atoms with van der Waals surface area (Å²) in [7, 11) is 0. The fraction of sp³-hybridized carbons (Fsp3) is 0.312. The van der Waals surface area contributed by atoms with Gasteiger partial charge in [0.1, 0.15) is 17.2 Å². The minimum Gasteiger partial charge on any atom is -0.491 e. The highest BCUT2D eigenvalue weighted by Crippen LogP contribution is 2.29. The zero-order chi connectivity index (χ0) is 14.8. The molecule has 1 heterocycles. The number of hydrogen-bond acceptors (Lipinski definition) is 3. The van der Waals surface area contributed by atoms with Gasteiger partial charge in [0.05, 0.1) is 18.0 Å². The number of nitrogens with zero attached hydrogens (tertiary/aromatic N) is 1. The summed E-state index contributed by atoms with van der Waals surface area (Å²) in [6, 6.07) is 9.92. The number of hydrogen-bond donors (Lipinski definition) is 1. The zero-order valence-corrected chi connectivity index (χ0v) is 11.8. The Morgan fingerprint density at radius 3 is 2.30 bits per heavy atom. The van der Waals surface area contributed by atoms with E-state index < -0.39 is 11.4 Å².